The summed E-state index contributed by atoms with van der Waals surface area (Å²) >= 11 is 0. The molecule has 1 aliphatic carbocycles. The standard InChI is InChI=1S/C24H26N4O4/c1-3-21(18-9-8-16-6-4-5-7-17(16)12-18)26-15-19(14-25)24(29)27-22-11-10-20(28(30)31)13-23(22)32-2/h8-13,15,21,26H,3-7H2,1-2H3,(H,27,29)/b19-15-. The lowest BCUT2D eigenvalue weighted by molar-refractivity contribution is -0.384. The number of nitro groups is 1. The first-order valence-corrected chi connectivity index (χ1v) is 10.6. The van der Waals surface area contributed by atoms with Crippen molar-refractivity contribution in [3.8, 4) is 11.8 Å². The maximum atomic E-state index is 12.6. The van der Waals surface area contributed by atoms with Gasteiger partial charge in [-0.2, -0.15) is 5.26 Å². The Kier molecular flexibility index (Phi) is 7.45. The molecule has 0 spiro atoms. The van der Waals surface area contributed by atoms with Crippen LogP contribution in [0.4, 0.5) is 11.4 Å². The molecule has 3 rings (SSSR count). The van der Waals surface area contributed by atoms with E-state index in [0.29, 0.717) is 0 Å². The van der Waals surface area contributed by atoms with Gasteiger partial charge >= 0.3 is 0 Å². The fourth-order valence-electron chi connectivity index (χ4n) is 3.84. The molecule has 1 aliphatic rings. The van der Waals surface area contributed by atoms with Crippen LogP contribution in [-0.4, -0.2) is 17.9 Å². The average Bonchev–Trinajstić information content (AvgIpc) is 2.81. The van der Waals surface area contributed by atoms with Crippen molar-refractivity contribution < 1.29 is 14.5 Å². The van der Waals surface area contributed by atoms with E-state index < -0.39 is 10.8 Å². The number of non-ortho nitro benzene ring substituents is 1. The number of methoxy groups -OCH3 is 1. The summed E-state index contributed by atoms with van der Waals surface area (Å²) in [6.07, 6.45) is 6.83. The Morgan fingerprint density at radius 1 is 1.25 bits per heavy atom. The zero-order valence-electron chi connectivity index (χ0n) is 18.2. The van der Waals surface area contributed by atoms with Crippen LogP contribution in [0.3, 0.4) is 0 Å². The minimum atomic E-state index is -0.632. The first-order valence-electron chi connectivity index (χ1n) is 10.6. The number of anilines is 1. The van der Waals surface area contributed by atoms with Gasteiger partial charge in [0.15, 0.2) is 0 Å². The van der Waals surface area contributed by atoms with Crippen LogP contribution in [0.2, 0.25) is 0 Å². The molecule has 1 unspecified atom stereocenters. The first-order chi connectivity index (χ1) is 15.5. The summed E-state index contributed by atoms with van der Waals surface area (Å²) in [7, 11) is 1.35. The molecule has 1 amide bonds. The summed E-state index contributed by atoms with van der Waals surface area (Å²) in [5, 5.41) is 26.2. The van der Waals surface area contributed by atoms with Crippen LogP contribution >= 0.6 is 0 Å². The molecule has 2 N–H and O–H groups in total. The Morgan fingerprint density at radius 3 is 2.66 bits per heavy atom. The number of carbonyl (C=O) groups excluding carboxylic acids is 1. The molecule has 2 aromatic carbocycles. The number of nitrogens with one attached hydrogen (secondary N) is 2. The quantitative estimate of drug-likeness (QED) is 0.272. The molecule has 2 aromatic rings. The zero-order chi connectivity index (χ0) is 23.1. The van der Waals surface area contributed by atoms with Crippen molar-refractivity contribution in [1.82, 2.24) is 5.32 Å². The lowest BCUT2D eigenvalue weighted by atomic mass is 9.89. The smallest absolute Gasteiger partial charge is 0.273 e. The second-order valence-corrected chi connectivity index (χ2v) is 7.63. The molecule has 0 heterocycles. The molecule has 1 atom stereocenters. The van der Waals surface area contributed by atoms with E-state index >= 15 is 0 Å². The van der Waals surface area contributed by atoms with Gasteiger partial charge in [-0.1, -0.05) is 25.1 Å². The number of fused-ring (bicyclic) bond motifs is 1. The molecular formula is C24H26N4O4. The van der Waals surface area contributed by atoms with Crippen molar-refractivity contribution in [1.29, 1.82) is 5.26 Å². The van der Waals surface area contributed by atoms with E-state index in [9.17, 15) is 20.2 Å². The molecule has 0 aromatic heterocycles. The van der Waals surface area contributed by atoms with Gasteiger partial charge in [0.25, 0.3) is 11.6 Å². The number of amides is 1. The molecular weight excluding hydrogens is 408 g/mol. The van der Waals surface area contributed by atoms with Crippen molar-refractivity contribution in [3.05, 3.63) is 75.0 Å². The Bertz CT molecular complexity index is 1090. The normalized spacial score (nSPS) is 14.0. The van der Waals surface area contributed by atoms with E-state index in [0.717, 1.165) is 24.8 Å². The second-order valence-electron chi connectivity index (χ2n) is 7.63. The van der Waals surface area contributed by atoms with E-state index in [1.807, 2.05) is 13.0 Å². The van der Waals surface area contributed by atoms with E-state index in [4.69, 9.17) is 4.74 Å². The number of aryl methyl sites for hydroxylation is 2. The maximum Gasteiger partial charge on any atom is 0.273 e. The van der Waals surface area contributed by atoms with Gasteiger partial charge in [0.2, 0.25) is 0 Å². The highest BCUT2D eigenvalue weighted by atomic mass is 16.6. The Hall–Kier alpha value is -3.86. The van der Waals surface area contributed by atoms with Crippen LogP contribution in [0.1, 0.15) is 48.9 Å². The number of hydrogen-bond donors (Lipinski definition) is 2. The summed E-state index contributed by atoms with van der Waals surface area (Å²) in [6, 6.07) is 12.2. The van der Waals surface area contributed by atoms with Crippen LogP contribution in [0.5, 0.6) is 5.75 Å². The van der Waals surface area contributed by atoms with Crippen molar-refractivity contribution in [3.63, 3.8) is 0 Å². The Morgan fingerprint density at radius 2 is 2.00 bits per heavy atom. The van der Waals surface area contributed by atoms with Gasteiger partial charge in [-0.15, -0.1) is 0 Å². The fraction of sp³-hybridized carbons (Fsp3) is 0.333. The third kappa shape index (κ3) is 5.24. The van der Waals surface area contributed by atoms with Gasteiger partial charge in [0.05, 0.1) is 29.8 Å². The van der Waals surface area contributed by atoms with Gasteiger partial charge in [0.1, 0.15) is 17.4 Å². The number of hydrogen-bond acceptors (Lipinski definition) is 6. The topological polar surface area (TPSA) is 117 Å². The van der Waals surface area contributed by atoms with Gasteiger partial charge < -0.3 is 15.4 Å². The van der Waals surface area contributed by atoms with E-state index in [-0.39, 0.29) is 28.7 Å². The predicted molar refractivity (Wildman–Crippen MR) is 121 cm³/mol. The molecule has 8 heteroatoms. The van der Waals surface area contributed by atoms with Gasteiger partial charge in [-0.05, 0) is 54.9 Å². The van der Waals surface area contributed by atoms with Crippen molar-refractivity contribution in [2.75, 3.05) is 12.4 Å². The second kappa shape index (κ2) is 10.4. The van der Waals surface area contributed by atoms with Crippen LogP contribution in [-0.2, 0) is 17.6 Å². The van der Waals surface area contributed by atoms with Crippen molar-refractivity contribution in [2.45, 2.75) is 45.1 Å². The van der Waals surface area contributed by atoms with E-state index in [1.165, 1.54) is 55.5 Å². The summed E-state index contributed by atoms with van der Waals surface area (Å²) in [6.45, 7) is 2.04. The lowest BCUT2D eigenvalue weighted by Gasteiger charge is -2.21. The van der Waals surface area contributed by atoms with Gasteiger partial charge in [-0.3, -0.25) is 14.9 Å². The predicted octanol–water partition coefficient (Wildman–Crippen LogP) is 4.57. The summed E-state index contributed by atoms with van der Waals surface area (Å²) < 4.78 is 5.13. The Balaban J connectivity index is 1.74. The first kappa shape index (κ1) is 22.8. The van der Waals surface area contributed by atoms with E-state index in [2.05, 4.69) is 28.8 Å². The largest absolute Gasteiger partial charge is 0.494 e. The minimum absolute atomic E-state index is 0.0349. The van der Waals surface area contributed by atoms with Crippen LogP contribution in [0, 0.1) is 21.4 Å². The summed E-state index contributed by atoms with van der Waals surface area (Å²) in [5.41, 5.74) is 3.88. The van der Waals surface area contributed by atoms with Gasteiger partial charge in [0, 0.05) is 12.3 Å². The molecule has 0 fully saturated rings. The number of carbonyl (C=O) groups is 1. The number of ether oxygens (including phenoxy) is 1. The SMILES string of the molecule is CCC(N/C=C(/C#N)C(=O)Nc1ccc([N+](=O)[O-])cc1OC)c1ccc2c(c1)CCCC2. The maximum absolute atomic E-state index is 12.6. The number of nitriles is 1. The molecule has 0 bridgehead atoms. The van der Waals surface area contributed by atoms with Crippen molar-refractivity contribution >= 4 is 17.3 Å². The molecule has 0 saturated heterocycles. The number of nitrogens with zero attached hydrogens (tertiary/aromatic N) is 2. The highest BCUT2D eigenvalue weighted by Gasteiger charge is 2.17. The van der Waals surface area contributed by atoms with Crippen LogP contribution in [0.25, 0.3) is 0 Å². The summed E-state index contributed by atoms with van der Waals surface area (Å²) in [4.78, 5) is 23.0. The number of benzene rings is 2. The summed E-state index contributed by atoms with van der Waals surface area (Å²) in [5.74, 6) is -0.495. The number of rotatable bonds is 8. The van der Waals surface area contributed by atoms with Gasteiger partial charge in [-0.25, -0.2) is 0 Å². The third-order valence-corrected chi connectivity index (χ3v) is 5.62. The molecule has 0 saturated carbocycles. The molecule has 166 valence electrons. The highest BCUT2D eigenvalue weighted by molar-refractivity contribution is 6.07. The minimum Gasteiger partial charge on any atom is -0.494 e. The molecule has 0 aliphatic heterocycles. The average molecular weight is 434 g/mol. The zero-order valence-corrected chi connectivity index (χ0v) is 18.2. The highest BCUT2D eigenvalue weighted by Crippen LogP contribution is 2.29. The Labute approximate surface area is 187 Å². The number of nitro benzene ring substituents is 1. The molecule has 8 nitrogen and oxygen atoms in total. The monoisotopic (exact) mass is 434 g/mol. The lowest BCUT2D eigenvalue weighted by Crippen LogP contribution is -2.20. The van der Waals surface area contributed by atoms with E-state index in [1.54, 1.807) is 0 Å². The third-order valence-electron chi connectivity index (χ3n) is 5.62. The van der Waals surface area contributed by atoms with Crippen molar-refractivity contribution in [2.24, 2.45) is 0 Å². The molecule has 0 radical (unpaired) electrons. The fourth-order valence-corrected chi connectivity index (χ4v) is 3.84. The van der Waals surface area contributed by atoms with Crippen LogP contribution < -0.4 is 15.4 Å². The molecule has 32 heavy (non-hydrogen) atoms. The van der Waals surface area contributed by atoms with Crippen LogP contribution in [0.15, 0.2) is 48.2 Å².